The summed E-state index contributed by atoms with van der Waals surface area (Å²) in [6, 6.07) is 9.35. The Hall–Kier alpha value is -1.19. The Bertz CT molecular complexity index is 568. The summed E-state index contributed by atoms with van der Waals surface area (Å²) in [5.74, 6) is 0. The van der Waals surface area contributed by atoms with Crippen LogP contribution in [0.2, 0.25) is 0 Å². The molecule has 1 aromatic carbocycles. The van der Waals surface area contributed by atoms with Crippen LogP contribution in [-0.2, 0) is 6.54 Å². The fraction of sp³-hybridized carbons (Fsp3) is 0.500. The van der Waals surface area contributed by atoms with E-state index in [1.807, 2.05) is 17.5 Å². The molecule has 0 atom stereocenters. The van der Waals surface area contributed by atoms with Crippen LogP contribution in [0.5, 0.6) is 0 Å². The van der Waals surface area contributed by atoms with Gasteiger partial charge in [0.15, 0.2) is 0 Å². The third-order valence-electron chi connectivity index (χ3n) is 4.25. The predicted octanol–water partition coefficient (Wildman–Crippen LogP) is 4.93. The first-order valence-corrected chi connectivity index (χ1v) is 8.88. The minimum Gasteiger partial charge on any atom is -0.308 e. The molecule has 0 bridgehead atoms. The third-order valence-corrected chi connectivity index (χ3v) is 5.30. The highest BCUT2D eigenvalue weighted by Gasteiger charge is 2.12. The van der Waals surface area contributed by atoms with E-state index in [1.165, 1.54) is 59.5 Å². The number of hydrogen-bond donors (Lipinski definition) is 1. The summed E-state index contributed by atoms with van der Waals surface area (Å²) in [7, 11) is 0. The van der Waals surface area contributed by atoms with Crippen LogP contribution in [0.3, 0.4) is 0 Å². The van der Waals surface area contributed by atoms with Crippen LogP contribution in [-0.4, -0.2) is 11.0 Å². The van der Waals surface area contributed by atoms with Crippen LogP contribution in [0, 0.1) is 6.92 Å². The van der Waals surface area contributed by atoms with Crippen molar-refractivity contribution in [3.63, 3.8) is 0 Å². The molecule has 3 rings (SSSR count). The van der Waals surface area contributed by atoms with E-state index in [-0.39, 0.29) is 0 Å². The Morgan fingerprint density at radius 1 is 1.19 bits per heavy atom. The lowest BCUT2D eigenvalue weighted by Crippen LogP contribution is -2.27. The van der Waals surface area contributed by atoms with Crippen LogP contribution >= 0.6 is 11.3 Å². The Morgan fingerprint density at radius 3 is 2.76 bits per heavy atom. The number of thiazole rings is 1. The summed E-state index contributed by atoms with van der Waals surface area (Å²) < 4.78 is 0. The number of benzene rings is 1. The van der Waals surface area contributed by atoms with Crippen molar-refractivity contribution in [1.82, 2.24) is 10.3 Å². The average molecular weight is 300 g/mol. The molecule has 0 unspecified atom stereocenters. The highest BCUT2D eigenvalue weighted by Crippen LogP contribution is 2.27. The molecule has 1 aliphatic carbocycles. The zero-order valence-electron chi connectivity index (χ0n) is 12.8. The van der Waals surface area contributed by atoms with Crippen LogP contribution in [0.15, 0.2) is 30.5 Å². The normalized spacial score (nSPS) is 16.8. The van der Waals surface area contributed by atoms with Crippen molar-refractivity contribution in [3.05, 3.63) is 41.0 Å². The van der Waals surface area contributed by atoms with Crippen LogP contribution in [0.1, 0.15) is 49.1 Å². The second-order valence-electron chi connectivity index (χ2n) is 6.06. The largest absolute Gasteiger partial charge is 0.308 e. The summed E-state index contributed by atoms with van der Waals surface area (Å²) in [5.41, 5.74) is 2.59. The lowest BCUT2D eigenvalue weighted by atomic mass is 10.1. The number of nitrogens with zero attached hydrogens (tertiary/aromatic N) is 1. The molecule has 1 heterocycles. The molecule has 0 amide bonds. The fourth-order valence-corrected chi connectivity index (χ4v) is 3.90. The van der Waals surface area contributed by atoms with Gasteiger partial charge in [0.2, 0.25) is 0 Å². The Balaban J connectivity index is 1.60. The molecule has 2 nitrogen and oxygen atoms in total. The van der Waals surface area contributed by atoms with Gasteiger partial charge in [-0.3, -0.25) is 0 Å². The summed E-state index contributed by atoms with van der Waals surface area (Å²) in [4.78, 5) is 5.86. The summed E-state index contributed by atoms with van der Waals surface area (Å²) >= 11 is 1.81. The molecule has 21 heavy (non-hydrogen) atoms. The number of rotatable bonds is 4. The van der Waals surface area contributed by atoms with E-state index in [2.05, 4.69) is 41.5 Å². The second kappa shape index (κ2) is 7.19. The standard InChI is InChI=1S/C18H24N2S/c1-14-7-6-8-15(11-14)17-12-20-18(21-17)13-19-16-9-4-2-3-5-10-16/h6-8,11-12,16,19H,2-5,9-10,13H2,1H3. The van der Waals surface area contributed by atoms with E-state index >= 15 is 0 Å². The molecule has 112 valence electrons. The van der Waals surface area contributed by atoms with Crippen molar-refractivity contribution in [2.75, 3.05) is 0 Å². The van der Waals surface area contributed by atoms with E-state index in [9.17, 15) is 0 Å². The SMILES string of the molecule is Cc1cccc(-c2cnc(CNC3CCCCCC3)s2)c1. The zero-order valence-corrected chi connectivity index (χ0v) is 13.6. The number of aromatic nitrogens is 1. The molecule has 0 spiro atoms. The van der Waals surface area contributed by atoms with Crippen molar-refractivity contribution in [2.45, 2.75) is 58.0 Å². The van der Waals surface area contributed by atoms with Crippen LogP contribution < -0.4 is 5.32 Å². The number of aryl methyl sites for hydroxylation is 1. The van der Waals surface area contributed by atoms with Crippen LogP contribution in [0.4, 0.5) is 0 Å². The Labute approximate surface area is 131 Å². The fourth-order valence-electron chi connectivity index (χ4n) is 3.04. The van der Waals surface area contributed by atoms with E-state index in [4.69, 9.17) is 0 Å². The van der Waals surface area contributed by atoms with Gasteiger partial charge in [-0.25, -0.2) is 4.98 Å². The highest BCUT2D eigenvalue weighted by molar-refractivity contribution is 7.15. The topological polar surface area (TPSA) is 24.9 Å². The molecule has 1 aromatic heterocycles. The summed E-state index contributed by atoms with van der Waals surface area (Å²) in [6.07, 6.45) is 10.3. The minimum atomic E-state index is 0.693. The minimum absolute atomic E-state index is 0.693. The quantitative estimate of drug-likeness (QED) is 0.810. The van der Waals surface area contributed by atoms with E-state index in [1.54, 1.807) is 0 Å². The summed E-state index contributed by atoms with van der Waals surface area (Å²) in [6.45, 7) is 3.06. The van der Waals surface area contributed by atoms with Crippen molar-refractivity contribution >= 4 is 11.3 Å². The second-order valence-corrected chi connectivity index (χ2v) is 7.17. The first-order chi connectivity index (χ1) is 10.3. The van der Waals surface area contributed by atoms with E-state index < -0.39 is 0 Å². The molecular formula is C18H24N2S. The maximum absolute atomic E-state index is 4.59. The van der Waals surface area contributed by atoms with Gasteiger partial charge in [-0.15, -0.1) is 11.3 Å². The molecule has 1 N–H and O–H groups in total. The lowest BCUT2D eigenvalue weighted by molar-refractivity contribution is 0.458. The first kappa shape index (κ1) is 14.7. The van der Waals surface area contributed by atoms with Crippen molar-refractivity contribution in [1.29, 1.82) is 0 Å². The van der Waals surface area contributed by atoms with E-state index in [0.29, 0.717) is 6.04 Å². The predicted molar refractivity (Wildman–Crippen MR) is 90.6 cm³/mol. The monoisotopic (exact) mass is 300 g/mol. The highest BCUT2D eigenvalue weighted by atomic mass is 32.1. The maximum Gasteiger partial charge on any atom is 0.107 e. The van der Waals surface area contributed by atoms with Gasteiger partial charge in [0.1, 0.15) is 5.01 Å². The van der Waals surface area contributed by atoms with Gasteiger partial charge in [0.25, 0.3) is 0 Å². The Kier molecular flexibility index (Phi) is 5.04. The van der Waals surface area contributed by atoms with Gasteiger partial charge in [0.05, 0.1) is 4.88 Å². The molecular weight excluding hydrogens is 276 g/mol. The third kappa shape index (κ3) is 4.14. The molecule has 2 aromatic rings. The maximum atomic E-state index is 4.59. The van der Waals surface area contributed by atoms with Gasteiger partial charge in [0, 0.05) is 18.8 Å². The van der Waals surface area contributed by atoms with Crippen molar-refractivity contribution in [3.8, 4) is 10.4 Å². The first-order valence-electron chi connectivity index (χ1n) is 8.06. The summed E-state index contributed by atoms with van der Waals surface area (Å²) in [5, 5.41) is 4.91. The van der Waals surface area contributed by atoms with Gasteiger partial charge in [-0.05, 0) is 25.3 Å². The molecule has 0 saturated heterocycles. The zero-order chi connectivity index (χ0) is 14.5. The molecule has 1 saturated carbocycles. The number of hydrogen-bond acceptors (Lipinski definition) is 3. The van der Waals surface area contributed by atoms with Gasteiger partial charge < -0.3 is 5.32 Å². The van der Waals surface area contributed by atoms with Gasteiger partial charge in [-0.1, -0.05) is 55.5 Å². The molecule has 1 fully saturated rings. The lowest BCUT2D eigenvalue weighted by Gasteiger charge is -2.14. The van der Waals surface area contributed by atoms with Crippen LogP contribution in [0.25, 0.3) is 10.4 Å². The van der Waals surface area contributed by atoms with Crippen molar-refractivity contribution < 1.29 is 0 Å². The van der Waals surface area contributed by atoms with Crippen molar-refractivity contribution in [2.24, 2.45) is 0 Å². The molecule has 0 radical (unpaired) electrons. The smallest absolute Gasteiger partial charge is 0.107 e. The Morgan fingerprint density at radius 2 is 2.00 bits per heavy atom. The number of nitrogens with one attached hydrogen (secondary N) is 1. The van der Waals surface area contributed by atoms with Gasteiger partial charge in [-0.2, -0.15) is 0 Å². The average Bonchev–Trinajstić information content (AvgIpc) is 2.81. The molecule has 1 aliphatic rings. The molecule has 3 heteroatoms. The van der Waals surface area contributed by atoms with E-state index in [0.717, 1.165) is 6.54 Å². The molecule has 0 aliphatic heterocycles. The van der Waals surface area contributed by atoms with Gasteiger partial charge >= 0.3 is 0 Å².